The number of aromatic nitrogens is 1. The van der Waals surface area contributed by atoms with E-state index in [1.807, 2.05) is 25.1 Å². The molecule has 0 bridgehead atoms. The van der Waals surface area contributed by atoms with E-state index >= 15 is 0 Å². The molecule has 1 aromatic heterocycles. The fourth-order valence-corrected chi connectivity index (χ4v) is 3.33. The number of nitrogens with zero attached hydrogens (tertiary/aromatic N) is 2. The summed E-state index contributed by atoms with van der Waals surface area (Å²) in [4.78, 5) is 20.7. The van der Waals surface area contributed by atoms with Crippen LogP contribution in [0.2, 0.25) is 0 Å². The Morgan fingerprint density at radius 1 is 1.23 bits per heavy atom. The first-order valence-electron chi connectivity index (χ1n) is 8.48. The lowest BCUT2D eigenvalue weighted by Crippen LogP contribution is -2.39. The number of halogens is 1. The van der Waals surface area contributed by atoms with Crippen molar-refractivity contribution < 1.29 is 4.79 Å². The number of rotatable bonds is 8. The van der Waals surface area contributed by atoms with E-state index in [1.165, 1.54) is 0 Å². The second kappa shape index (κ2) is 10.9. The lowest BCUT2D eigenvalue weighted by molar-refractivity contribution is 0.0953. The van der Waals surface area contributed by atoms with E-state index in [4.69, 9.17) is 0 Å². The molecule has 1 amide bonds. The molecule has 0 aliphatic rings. The highest BCUT2D eigenvalue weighted by molar-refractivity contribution is 9.10. The minimum Gasteiger partial charge on any atom is -0.356 e. The van der Waals surface area contributed by atoms with Crippen LogP contribution in [0.5, 0.6) is 0 Å². The third-order valence-electron chi connectivity index (χ3n) is 3.58. The summed E-state index contributed by atoms with van der Waals surface area (Å²) in [5, 5.41) is 12.6. The topological polar surface area (TPSA) is 78.4 Å². The van der Waals surface area contributed by atoms with Crippen molar-refractivity contribution in [1.82, 2.24) is 20.9 Å². The molecule has 1 heterocycles. The molecule has 0 saturated carbocycles. The zero-order chi connectivity index (χ0) is 18.8. The number of carbonyl (C=O) groups excluding carboxylic acids is 1. The van der Waals surface area contributed by atoms with Gasteiger partial charge in [-0.1, -0.05) is 22.0 Å². The molecular formula is C18H24BrN5OS. The zero-order valence-corrected chi connectivity index (χ0v) is 17.4. The average molecular weight is 438 g/mol. The number of carbonyl (C=O) groups is 1. The molecule has 26 heavy (non-hydrogen) atoms. The molecular weight excluding hydrogens is 414 g/mol. The van der Waals surface area contributed by atoms with Gasteiger partial charge in [-0.15, -0.1) is 11.3 Å². The van der Waals surface area contributed by atoms with Crippen molar-refractivity contribution >= 4 is 39.1 Å². The van der Waals surface area contributed by atoms with Crippen LogP contribution >= 0.6 is 27.3 Å². The van der Waals surface area contributed by atoms with Gasteiger partial charge in [0.2, 0.25) is 0 Å². The summed E-state index contributed by atoms with van der Waals surface area (Å²) >= 11 is 5.04. The van der Waals surface area contributed by atoms with Crippen LogP contribution in [0.15, 0.2) is 39.1 Å². The number of benzene rings is 1. The van der Waals surface area contributed by atoms with Crippen molar-refractivity contribution in [2.24, 2.45) is 4.99 Å². The molecule has 6 nitrogen and oxygen atoms in total. The van der Waals surface area contributed by atoms with Gasteiger partial charge in [0.1, 0.15) is 0 Å². The largest absolute Gasteiger partial charge is 0.356 e. The number of aryl methyl sites for hydroxylation is 1. The zero-order valence-electron chi connectivity index (χ0n) is 15.0. The van der Waals surface area contributed by atoms with E-state index in [0.717, 1.165) is 47.1 Å². The fourth-order valence-electron chi connectivity index (χ4n) is 2.28. The molecule has 0 radical (unpaired) electrons. The number of hydrogen-bond acceptors (Lipinski definition) is 4. The second-order valence-electron chi connectivity index (χ2n) is 5.65. The van der Waals surface area contributed by atoms with Gasteiger partial charge in [0.15, 0.2) is 5.96 Å². The SMILES string of the molecule is CN=C(NCCCNC(=O)c1cccc(Br)c1)NCCc1csc(C)n1. The van der Waals surface area contributed by atoms with Gasteiger partial charge in [0.25, 0.3) is 5.91 Å². The Balaban J connectivity index is 1.59. The number of hydrogen-bond donors (Lipinski definition) is 3. The maximum Gasteiger partial charge on any atom is 0.251 e. The van der Waals surface area contributed by atoms with Gasteiger partial charge in [-0.25, -0.2) is 4.98 Å². The molecule has 0 spiro atoms. The lowest BCUT2D eigenvalue weighted by Gasteiger charge is -2.11. The molecule has 0 fully saturated rings. The van der Waals surface area contributed by atoms with E-state index in [1.54, 1.807) is 24.5 Å². The monoisotopic (exact) mass is 437 g/mol. The Labute approximate surface area is 166 Å². The summed E-state index contributed by atoms with van der Waals surface area (Å²) in [6.45, 7) is 4.13. The molecule has 140 valence electrons. The van der Waals surface area contributed by atoms with Gasteiger partial charge >= 0.3 is 0 Å². The molecule has 2 rings (SSSR count). The van der Waals surface area contributed by atoms with E-state index in [9.17, 15) is 4.79 Å². The molecule has 0 aliphatic heterocycles. The fraction of sp³-hybridized carbons (Fsp3) is 0.389. The van der Waals surface area contributed by atoms with Crippen LogP contribution in [-0.2, 0) is 6.42 Å². The summed E-state index contributed by atoms with van der Waals surface area (Å²) in [7, 11) is 1.75. The van der Waals surface area contributed by atoms with Crippen LogP contribution in [0.4, 0.5) is 0 Å². The molecule has 3 N–H and O–H groups in total. The quantitative estimate of drug-likeness (QED) is 0.337. The Kier molecular flexibility index (Phi) is 8.57. The summed E-state index contributed by atoms with van der Waals surface area (Å²) in [6.07, 6.45) is 1.68. The van der Waals surface area contributed by atoms with Gasteiger partial charge < -0.3 is 16.0 Å². The third kappa shape index (κ3) is 7.13. The Morgan fingerprint density at radius 3 is 2.69 bits per heavy atom. The number of aliphatic imine (C=N–C) groups is 1. The van der Waals surface area contributed by atoms with E-state index in [0.29, 0.717) is 12.1 Å². The van der Waals surface area contributed by atoms with Gasteiger partial charge in [0, 0.05) is 48.5 Å². The first-order valence-corrected chi connectivity index (χ1v) is 10.1. The normalized spacial score (nSPS) is 11.3. The minimum atomic E-state index is -0.0626. The molecule has 0 atom stereocenters. The van der Waals surface area contributed by atoms with Crippen LogP contribution in [0.25, 0.3) is 0 Å². The predicted octanol–water partition coefficient (Wildman–Crippen LogP) is 2.74. The predicted molar refractivity (Wildman–Crippen MR) is 111 cm³/mol. The van der Waals surface area contributed by atoms with Crippen molar-refractivity contribution in [3.05, 3.63) is 50.4 Å². The third-order valence-corrected chi connectivity index (χ3v) is 4.90. The van der Waals surface area contributed by atoms with Crippen LogP contribution in [-0.4, -0.2) is 43.5 Å². The van der Waals surface area contributed by atoms with Crippen LogP contribution in [0.1, 0.15) is 27.5 Å². The minimum absolute atomic E-state index is 0.0626. The van der Waals surface area contributed by atoms with Crippen molar-refractivity contribution in [2.45, 2.75) is 19.8 Å². The van der Waals surface area contributed by atoms with Crippen LogP contribution < -0.4 is 16.0 Å². The molecule has 0 aliphatic carbocycles. The molecule has 2 aromatic rings. The number of nitrogens with one attached hydrogen (secondary N) is 3. The highest BCUT2D eigenvalue weighted by Crippen LogP contribution is 2.11. The Hall–Kier alpha value is -1.93. The van der Waals surface area contributed by atoms with E-state index in [-0.39, 0.29) is 5.91 Å². The first kappa shape index (κ1) is 20.4. The maximum absolute atomic E-state index is 12.0. The average Bonchev–Trinajstić information content (AvgIpc) is 3.05. The summed E-state index contributed by atoms with van der Waals surface area (Å²) in [5.74, 6) is 0.697. The maximum atomic E-state index is 12.0. The number of amides is 1. The molecule has 1 aromatic carbocycles. The van der Waals surface area contributed by atoms with Gasteiger partial charge in [0.05, 0.1) is 10.7 Å². The van der Waals surface area contributed by atoms with Crippen LogP contribution in [0, 0.1) is 6.92 Å². The highest BCUT2D eigenvalue weighted by Gasteiger charge is 2.05. The van der Waals surface area contributed by atoms with Gasteiger partial charge in [-0.3, -0.25) is 9.79 Å². The number of guanidine groups is 1. The van der Waals surface area contributed by atoms with Gasteiger partial charge in [-0.2, -0.15) is 0 Å². The lowest BCUT2D eigenvalue weighted by atomic mass is 10.2. The highest BCUT2D eigenvalue weighted by atomic mass is 79.9. The van der Waals surface area contributed by atoms with Crippen LogP contribution in [0.3, 0.4) is 0 Å². The summed E-state index contributed by atoms with van der Waals surface area (Å²) in [6, 6.07) is 7.36. The second-order valence-corrected chi connectivity index (χ2v) is 7.63. The van der Waals surface area contributed by atoms with Crippen molar-refractivity contribution in [3.8, 4) is 0 Å². The Morgan fingerprint density at radius 2 is 2.00 bits per heavy atom. The Bertz CT molecular complexity index is 747. The standard InChI is InChI=1S/C18H24BrN5OS/c1-13-24-16(12-26-13)7-10-23-18(20-2)22-9-4-8-21-17(25)14-5-3-6-15(19)11-14/h3,5-6,11-12H,4,7-10H2,1-2H3,(H,21,25)(H2,20,22,23). The van der Waals surface area contributed by atoms with E-state index in [2.05, 4.69) is 47.2 Å². The van der Waals surface area contributed by atoms with Crippen molar-refractivity contribution in [2.75, 3.05) is 26.7 Å². The molecule has 0 unspecified atom stereocenters. The van der Waals surface area contributed by atoms with Gasteiger partial charge in [-0.05, 0) is 31.5 Å². The van der Waals surface area contributed by atoms with E-state index < -0.39 is 0 Å². The smallest absolute Gasteiger partial charge is 0.251 e. The van der Waals surface area contributed by atoms with Crippen molar-refractivity contribution in [1.29, 1.82) is 0 Å². The molecule has 0 saturated heterocycles. The van der Waals surface area contributed by atoms with Crippen molar-refractivity contribution in [3.63, 3.8) is 0 Å². The number of thiazole rings is 1. The first-order chi connectivity index (χ1) is 12.6. The molecule has 8 heteroatoms. The summed E-state index contributed by atoms with van der Waals surface area (Å²) in [5.41, 5.74) is 1.76. The summed E-state index contributed by atoms with van der Waals surface area (Å²) < 4.78 is 0.898.